The average molecular weight is 272 g/mol. The monoisotopic (exact) mass is 271 g/mol. The SMILES string of the molecule is CC(O)C[N+](CCO)(CC(C)O)CC(C)O.[Cl-]. The van der Waals surface area contributed by atoms with Crippen molar-refractivity contribution in [2.75, 3.05) is 32.8 Å². The van der Waals surface area contributed by atoms with E-state index in [1.807, 2.05) is 0 Å². The Morgan fingerprint density at radius 3 is 1.29 bits per heavy atom. The van der Waals surface area contributed by atoms with E-state index in [4.69, 9.17) is 5.11 Å². The molecule has 0 aromatic heterocycles. The Hall–Kier alpha value is 0.0900. The average Bonchev–Trinajstić information content (AvgIpc) is 1.98. The van der Waals surface area contributed by atoms with Crippen LogP contribution in [-0.2, 0) is 0 Å². The lowest BCUT2D eigenvalue weighted by molar-refractivity contribution is -0.935. The third kappa shape index (κ3) is 8.77. The molecule has 0 saturated carbocycles. The van der Waals surface area contributed by atoms with E-state index >= 15 is 0 Å². The zero-order valence-corrected chi connectivity index (χ0v) is 11.6. The summed E-state index contributed by atoms with van der Waals surface area (Å²) >= 11 is 0. The topological polar surface area (TPSA) is 80.9 Å². The third-order valence-electron chi connectivity index (χ3n) is 2.53. The molecule has 4 N–H and O–H groups in total. The fraction of sp³-hybridized carbons (Fsp3) is 1.00. The number of hydrogen-bond donors (Lipinski definition) is 4. The van der Waals surface area contributed by atoms with Gasteiger partial charge in [0.2, 0.25) is 0 Å². The number of aliphatic hydroxyl groups is 4. The van der Waals surface area contributed by atoms with Crippen molar-refractivity contribution < 1.29 is 37.3 Å². The zero-order valence-electron chi connectivity index (χ0n) is 10.9. The van der Waals surface area contributed by atoms with Crippen molar-refractivity contribution in [2.45, 2.75) is 39.1 Å². The standard InChI is InChI=1S/C11H26NO4.ClH/c1-9(14)6-12(4-5-13,7-10(2)15)8-11(3)16;/h9-11,13-16H,4-8H2,1-3H3;1H/q+1;/p-1. The van der Waals surface area contributed by atoms with E-state index in [9.17, 15) is 15.3 Å². The molecule has 0 saturated heterocycles. The van der Waals surface area contributed by atoms with Crippen molar-refractivity contribution in [1.82, 2.24) is 0 Å². The molecule has 0 rings (SSSR count). The predicted molar refractivity (Wildman–Crippen MR) is 61.9 cm³/mol. The summed E-state index contributed by atoms with van der Waals surface area (Å²) in [4.78, 5) is 0. The Morgan fingerprint density at radius 2 is 1.12 bits per heavy atom. The first-order valence-corrected chi connectivity index (χ1v) is 5.81. The molecule has 0 bridgehead atoms. The maximum atomic E-state index is 9.48. The highest BCUT2D eigenvalue weighted by molar-refractivity contribution is 4.57. The Bertz CT molecular complexity index is 162. The van der Waals surface area contributed by atoms with E-state index in [2.05, 4.69) is 0 Å². The number of aliphatic hydroxyl groups excluding tert-OH is 4. The highest BCUT2D eigenvalue weighted by Gasteiger charge is 2.31. The summed E-state index contributed by atoms with van der Waals surface area (Å²) in [7, 11) is 0. The van der Waals surface area contributed by atoms with E-state index in [-0.39, 0.29) is 19.0 Å². The van der Waals surface area contributed by atoms with Gasteiger partial charge in [-0.05, 0) is 20.8 Å². The normalized spacial score (nSPS) is 19.9. The molecule has 0 aliphatic rings. The van der Waals surface area contributed by atoms with E-state index in [0.29, 0.717) is 30.7 Å². The molecule has 0 aliphatic carbocycles. The molecule has 0 amide bonds. The minimum absolute atomic E-state index is 0. The Balaban J connectivity index is 0. The first-order valence-electron chi connectivity index (χ1n) is 5.81. The van der Waals surface area contributed by atoms with Gasteiger partial charge in [-0.2, -0.15) is 0 Å². The van der Waals surface area contributed by atoms with Gasteiger partial charge < -0.3 is 37.3 Å². The highest BCUT2D eigenvalue weighted by atomic mass is 35.5. The Morgan fingerprint density at radius 1 is 0.824 bits per heavy atom. The molecule has 0 aromatic rings. The fourth-order valence-corrected chi connectivity index (χ4v) is 2.39. The van der Waals surface area contributed by atoms with Crippen LogP contribution in [0.4, 0.5) is 0 Å². The molecular formula is C11H26ClNO4. The summed E-state index contributed by atoms with van der Waals surface area (Å²) in [6.45, 7) is 6.72. The van der Waals surface area contributed by atoms with E-state index in [1.165, 1.54) is 0 Å². The molecule has 0 aliphatic heterocycles. The maximum absolute atomic E-state index is 9.48. The summed E-state index contributed by atoms with van der Waals surface area (Å²) in [6.07, 6.45) is -1.57. The first kappa shape index (κ1) is 19.4. The van der Waals surface area contributed by atoms with Crippen LogP contribution in [0.5, 0.6) is 0 Å². The smallest absolute Gasteiger partial charge is 0.105 e. The van der Waals surface area contributed by atoms with Crippen molar-refractivity contribution in [1.29, 1.82) is 0 Å². The molecule has 3 unspecified atom stereocenters. The van der Waals surface area contributed by atoms with Crippen LogP contribution in [0.15, 0.2) is 0 Å². The lowest BCUT2D eigenvalue weighted by Crippen LogP contribution is -3.00. The van der Waals surface area contributed by atoms with Gasteiger partial charge in [-0.15, -0.1) is 0 Å². The second-order valence-electron chi connectivity index (χ2n) is 4.88. The molecule has 5 nitrogen and oxygen atoms in total. The van der Waals surface area contributed by atoms with Crippen LogP contribution < -0.4 is 12.4 Å². The van der Waals surface area contributed by atoms with Gasteiger partial charge in [0, 0.05) is 0 Å². The highest BCUT2D eigenvalue weighted by Crippen LogP contribution is 2.12. The van der Waals surface area contributed by atoms with Crippen LogP contribution in [0.2, 0.25) is 0 Å². The molecule has 0 fully saturated rings. The quantitative estimate of drug-likeness (QED) is 0.339. The number of hydrogen-bond acceptors (Lipinski definition) is 4. The molecule has 6 heteroatoms. The minimum Gasteiger partial charge on any atom is -1.00 e. The van der Waals surface area contributed by atoms with Crippen molar-refractivity contribution in [3.63, 3.8) is 0 Å². The lowest BCUT2D eigenvalue weighted by Gasteiger charge is -2.40. The number of quaternary nitrogens is 1. The van der Waals surface area contributed by atoms with E-state index in [0.717, 1.165) is 0 Å². The fourth-order valence-electron chi connectivity index (χ4n) is 2.39. The molecule has 0 spiro atoms. The van der Waals surface area contributed by atoms with Gasteiger partial charge in [0.25, 0.3) is 0 Å². The third-order valence-corrected chi connectivity index (χ3v) is 2.53. The zero-order chi connectivity index (χ0) is 12.8. The van der Waals surface area contributed by atoms with E-state index in [1.54, 1.807) is 20.8 Å². The van der Waals surface area contributed by atoms with Gasteiger partial charge in [0.05, 0.1) is 6.61 Å². The van der Waals surface area contributed by atoms with Crippen molar-refractivity contribution >= 4 is 0 Å². The minimum atomic E-state index is -0.524. The second kappa shape index (κ2) is 9.08. The maximum Gasteiger partial charge on any atom is 0.105 e. The summed E-state index contributed by atoms with van der Waals surface area (Å²) in [5.74, 6) is 0. The Labute approximate surface area is 110 Å². The molecule has 0 radical (unpaired) electrons. The molecule has 17 heavy (non-hydrogen) atoms. The van der Waals surface area contributed by atoms with Gasteiger partial charge in [-0.3, -0.25) is 0 Å². The van der Waals surface area contributed by atoms with Crippen molar-refractivity contribution in [3.05, 3.63) is 0 Å². The van der Waals surface area contributed by atoms with Gasteiger partial charge in [-0.1, -0.05) is 0 Å². The van der Waals surface area contributed by atoms with Gasteiger partial charge >= 0.3 is 0 Å². The predicted octanol–water partition coefficient (Wildman–Crippen LogP) is -4.06. The molecule has 3 atom stereocenters. The van der Waals surface area contributed by atoms with Crippen LogP contribution in [-0.4, -0.2) is 76.0 Å². The van der Waals surface area contributed by atoms with Crippen LogP contribution >= 0.6 is 0 Å². The van der Waals surface area contributed by atoms with Crippen molar-refractivity contribution in [2.24, 2.45) is 0 Å². The summed E-state index contributed by atoms with van der Waals surface area (Å²) in [5, 5.41) is 37.5. The summed E-state index contributed by atoms with van der Waals surface area (Å²) < 4.78 is 0.337. The number of rotatable bonds is 8. The Kier molecular flexibility index (Phi) is 10.4. The number of halogens is 1. The van der Waals surface area contributed by atoms with Gasteiger partial charge in [0.1, 0.15) is 44.5 Å². The summed E-state index contributed by atoms with van der Waals surface area (Å²) in [5.41, 5.74) is 0. The van der Waals surface area contributed by atoms with Gasteiger partial charge in [-0.25, -0.2) is 0 Å². The molecule has 0 aromatic carbocycles. The van der Waals surface area contributed by atoms with Crippen molar-refractivity contribution in [3.8, 4) is 0 Å². The van der Waals surface area contributed by atoms with Gasteiger partial charge in [0.15, 0.2) is 0 Å². The lowest BCUT2D eigenvalue weighted by atomic mass is 10.2. The molecule has 0 heterocycles. The number of nitrogens with zero attached hydrogens (tertiary/aromatic N) is 1. The molecule has 106 valence electrons. The van der Waals surface area contributed by atoms with Crippen LogP contribution in [0.25, 0.3) is 0 Å². The molecular weight excluding hydrogens is 246 g/mol. The van der Waals surface area contributed by atoms with E-state index < -0.39 is 18.3 Å². The van der Waals surface area contributed by atoms with Crippen LogP contribution in [0, 0.1) is 0 Å². The van der Waals surface area contributed by atoms with Crippen LogP contribution in [0.3, 0.4) is 0 Å². The summed E-state index contributed by atoms with van der Waals surface area (Å²) in [6, 6.07) is 0. The van der Waals surface area contributed by atoms with Crippen LogP contribution in [0.1, 0.15) is 20.8 Å². The second-order valence-corrected chi connectivity index (χ2v) is 4.88. The largest absolute Gasteiger partial charge is 1.00 e. The first-order chi connectivity index (χ1) is 7.31.